The van der Waals surface area contributed by atoms with E-state index in [1.54, 1.807) is 6.07 Å². The van der Waals surface area contributed by atoms with Crippen molar-refractivity contribution in [2.45, 2.75) is 74.5 Å². The Morgan fingerprint density at radius 1 is 1.25 bits per heavy atom. The van der Waals surface area contributed by atoms with Crippen LogP contribution < -0.4 is 5.73 Å². The van der Waals surface area contributed by atoms with Crippen LogP contribution in [-0.4, -0.2) is 57.0 Å². The van der Waals surface area contributed by atoms with Gasteiger partial charge in [0.05, 0.1) is 17.3 Å². The number of carbonyl (C=O) groups is 1. The number of hydrogen-bond donors (Lipinski definition) is 4. The van der Waals surface area contributed by atoms with Crippen molar-refractivity contribution in [3.05, 3.63) is 28.8 Å². The van der Waals surface area contributed by atoms with Crippen LogP contribution in [0.2, 0.25) is 0 Å². The van der Waals surface area contributed by atoms with Crippen LogP contribution in [0.15, 0.2) is 12.1 Å². The van der Waals surface area contributed by atoms with Crippen molar-refractivity contribution >= 4 is 5.91 Å². The molecule has 6 heteroatoms. The van der Waals surface area contributed by atoms with E-state index >= 15 is 0 Å². The maximum absolute atomic E-state index is 12.1. The first-order chi connectivity index (χ1) is 13.4. The van der Waals surface area contributed by atoms with Gasteiger partial charge in [0.1, 0.15) is 5.75 Å². The number of fused-ring (bicyclic) bond motifs is 1. The molecule has 4 aliphatic rings. The Morgan fingerprint density at radius 3 is 2.71 bits per heavy atom. The SMILES string of the molecule is NC(=O)c1ccc2c(c1O)[C@]13CCN(CC4CCC4)[C@H](C2)[C@]1(O)CCC(O)C3. The van der Waals surface area contributed by atoms with Gasteiger partial charge in [-0.1, -0.05) is 12.5 Å². The van der Waals surface area contributed by atoms with Gasteiger partial charge in [0, 0.05) is 23.6 Å². The molecule has 28 heavy (non-hydrogen) atoms. The second kappa shape index (κ2) is 6.18. The summed E-state index contributed by atoms with van der Waals surface area (Å²) in [5.74, 6) is -0.0399. The lowest BCUT2D eigenvalue weighted by atomic mass is 9.48. The first-order valence-corrected chi connectivity index (χ1v) is 10.7. The lowest BCUT2D eigenvalue weighted by Crippen LogP contribution is -2.73. The number of primary amides is 1. The number of amides is 1. The molecule has 1 aromatic carbocycles. The van der Waals surface area contributed by atoms with Crippen molar-refractivity contribution in [2.75, 3.05) is 13.1 Å². The molecule has 4 atom stereocenters. The summed E-state index contributed by atoms with van der Waals surface area (Å²) in [6.45, 7) is 1.86. The molecular weight excluding hydrogens is 356 g/mol. The molecule has 0 radical (unpaired) electrons. The third kappa shape index (κ3) is 2.34. The Hall–Kier alpha value is -1.63. The first-order valence-electron chi connectivity index (χ1n) is 10.7. The number of nitrogens with two attached hydrogens (primary N) is 1. The highest BCUT2D eigenvalue weighted by Gasteiger charge is 2.65. The van der Waals surface area contributed by atoms with Gasteiger partial charge in [-0.05, 0) is 69.0 Å². The number of phenols is 1. The number of aliphatic hydroxyl groups excluding tert-OH is 1. The Labute approximate surface area is 165 Å². The molecule has 5 rings (SSSR count). The van der Waals surface area contributed by atoms with Crippen molar-refractivity contribution in [2.24, 2.45) is 11.7 Å². The Bertz CT molecular complexity index is 823. The van der Waals surface area contributed by atoms with Crippen LogP contribution in [0.3, 0.4) is 0 Å². The van der Waals surface area contributed by atoms with E-state index in [9.17, 15) is 20.1 Å². The summed E-state index contributed by atoms with van der Waals surface area (Å²) in [5.41, 5.74) is 5.49. The average molecular weight is 386 g/mol. The standard InChI is InChI=1S/C22H30N2O4/c23-20(27)16-5-4-14-10-17-22(28)7-6-15(25)11-21(22,18(14)19(16)26)8-9-24(17)12-13-2-1-3-13/h4-5,13,15,17,25-26,28H,1-3,6-12H2,(H2,23,27)/t15?,17-,21-,22-/m1/s1. The molecule has 2 saturated carbocycles. The van der Waals surface area contributed by atoms with Gasteiger partial charge in [-0.3, -0.25) is 9.69 Å². The van der Waals surface area contributed by atoms with Gasteiger partial charge in [-0.2, -0.15) is 0 Å². The van der Waals surface area contributed by atoms with Crippen LogP contribution >= 0.6 is 0 Å². The van der Waals surface area contributed by atoms with Crippen molar-refractivity contribution in [1.29, 1.82) is 0 Å². The fourth-order valence-electron chi connectivity index (χ4n) is 6.61. The topological polar surface area (TPSA) is 107 Å². The molecule has 0 spiro atoms. The number of likely N-dealkylation sites (tertiary alicyclic amines) is 1. The van der Waals surface area contributed by atoms with Gasteiger partial charge < -0.3 is 21.1 Å². The maximum Gasteiger partial charge on any atom is 0.252 e. The zero-order chi connectivity index (χ0) is 19.7. The minimum absolute atomic E-state index is 0.0133. The van der Waals surface area contributed by atoms with Crippen LogP contribution in [0.5, 0.6) is 5.75 Å². The normalized spacial score (nSPS) is 37.6. The first kappa shape index (κ1) is 18.4. The van der Waals surface area contributed by atoms with Crippen molar-refractivity contribution in [1.82, 2.24) is 4.90 Å². The Balaban J connectivity index is 1.65. The Morgan fingerprint density at radius 2 is 2.04 bits per heavy atom. The molecule has 0 aromatic heterocycles. The minimum Gasteiger partial charge on any atom is -0.507 e. The van der Waals surface area contributed by atoms with E-state index in [0.717, 1.165) is 24.6 Å². The third-order valence-electron chi connectivity index (χ3n) is 8.23. The van der Waals surface area contributed by atoms with E-state index in [1.165, 1.54) is 19.3 Å². The van der Waals surface area contributed by atoms with E-state index in [4.69, 9.17) is 5.73 Å². The molecule has 1 amide bonds. The zero-order valence-electron chi connectivity index (χ0n) is 16.2. The highest BCUT2D eigenvalue weighted by Crippen LogP contribution is 2.60. The summed E-state index contributed by atoms with van der Waals surface area (Å²) in [6.07, 6.45) is 6.15. The van der Waals surface area contributed by atoms with Crippen molar-refractivity contribution in [3.8, 4) is 5.75 Å². The lowest BCUT2D eigenvalue weighted by Gasteiger charge is -2.64. The molecule has 3 aliphatic carbocycles. The van der Waals surface area contributed by atoms with Crippen molar-refractivity contribution < 1.29 is 20.1 Å². The molecule has 1 aliphatic heterocycles. The summed E-state index contributed by atoms with van der Waals surface area (Å²) in [7, 11) is 0. The quantitative estimate of drug-likeness (QED) is 0.629. The number of nitrogens with zero attached hydrogens (tertiary/aromatic N) is 1. The average Bonchev–Trinajstić information content (AvgIpc) is 2.59. The molecule has 2 bridgehead atoms. The number of piperidine rings is 1. The second-order valence-corrected chi connectivity index (χ2v) is 9.52. The van der Waals surface area contributed by atoms with Crippen LogP contribution in [-0.2, 0) is 11.8 Å². The van der Waals surface area contributed by atoms with Gasteiger partial charge >= 0.3 is 0 Å². The van der Waals surface area contributed by atoms with Crippen LogP contribution in [0.25, 0.3) is 0 Å². The molecule has 1 heterocycles. The highest BCUT2D eigenvalue weighted by atomic mass is 16.3. The smallest absolute Gasteiger partial charge is 0.252 e. The van der Waals surface area contributed by atoms with Gasteiger partial charge in [0.25, 0.3) is 5.91 Å². The van der Waals surface area contributed by atoms with Crippen LogP contribution in [0.4, 0.5) is 0 Å². The van der Waals surface area contributed by atoms with E-state index in [-0.39, 0.29) is 17.4 Å². The highest BCUT2D eigenvalue weighted by molar-refractivity contribution is 5.96. The molecule has 1 unspecified atom stereocenters. The molecule has 3 fully saturated rings. The van der Waals surface area contributed by atoms with E-state index in [1.807, 2.05) is 6.07 Å². The minimum atomic E-state index is -1.00. The van der Waals surface area contributed by atoms with Crippen LogP contribution in [0, 0.1) is 5.92 Å². The summed E-state index contributed by atoms with van der Waals surface area (Å²) in [6, 6.07) is 3.47. The number of rotatable bonds is 3. The van der Waals surface area contributed by atoms with E-state index in [2.05, 4.69) is 4.90 Å². The number of aromatic hydroxyl groups is 1. The molecule has 5 N–H and O–H groups in total. The van der Waals surface area contributed by atoms with Gasteiger partial charge in [-0.25, -0.2) is 0 Å². The number of aliphatic hydroxyl groups is 2. The largest absolute Gasteiger partial charge is 0.507 e. The van der Waals surface area contributed by atoms with E-state index in [0.29, 0.717) is 37.7 Å². The Kier molecular flexibility index (Phi) is 4.06. The van der Waals surface area contributed by atoms with Gasteiger partial charge in [0.2, 0.25) is 0 Å². The molecule has 1 saturated heterocycles. The molecule has 1 aromatic rings. The predicted molar refractivity (Wildman–Crippen MR) is 104 cm³/mol. The van der Waals surface area contributed by atoms with Crippen LogP contribution in [0.1, 0.15) is 66.4 Å². The number of carbonyl (C=O) groups excluding carboxylic acids is 1. The van der Waals surface area contributed by atoms with Gasteiger partial charge in [-0.15, -0.1) is 0 Å². The maximum atomic E-state index is 12.1. The molecule has 6 nitrogen and oxygen atoms in total. The summed E-state index contributed by atoms with van der Waals surface area (Å²) >= 11 is 0. The lowest BCUT2D eigenvalue weighted by molar-refractivity contribution is -0.185. The van der Waals surface area contributed by atoms with Crippen molar-refractivity contribution in [3.63, 3.8) is 0 Å². The zero-order valence-corrected chi connectivity index (χ0v) is 16.2. The third-order valence-corrected chi connectivity index (χ3v) is 8.23. The fraction of sp³-hybridized carbons (Fsp3) is 0.682. The molecular formula is C22H30N2O4. The fourth-order valence-corrected chi connectivity index (χ4v) is 6.61. The summed E-state index contributed by atoms with van der Waals surface area (Å²) in [4.78, 5) is 14.3. The van der Waals surface area contributed by atoms with Gasteiger partial charge in [0.15, 0.2) is 0 Å². The number of hydrogen-bond acceptors (Lipinski definition) is 5. The summed E-state index contributed by atoms with van der Waals surface area (Å²) in [5, 5.41) is 33.6. The summed E-state index contributed by atoms with van der Waals surface area (Å²) < 4.78 is 0. The monoisotopic (exact) mass is 386 g/mol. The number of benzene rings is 1. The second-order valence-electron chi connectivity index (χ2n) is 9.52. The molecule has 152 valence electrons. The predicted octanol–water partition coefficient (Wildman–Crippen LogP) is 1.44. The van der Waals surface area contributed by atoms with E-state index < -0.39 is 23.0 Å².